The Labute approximate surface area is 127 Å². The number of benzene rings is 1. The van der Waals surface area contributed by atoms with Crippen LogP contribution >= 0.6 is 0 Å². The van der Waals surface area contributed by atoms with Crippen LogP contribution in [0.3, 0.4) is 0 Å². The largest absolute Gasteiger partial charge is 0.385 e. The van der Waals surface area contributed by atoms with Gasteiger partial charge in [0.2, 0.25) is 0 Å². The Bertz CT molecular complexity index is 504. The lowest BCUT2D eigenvalue weighted by molar-refractivity contribution is 0.0739. The van der Waals surface area contributed by atoms with Gasteiger partial charge < -0.3 is 10.2 Å². The van der Waals surface area contributed by atoms with Crippen LogP contribution in [0.15, 0.2) is 18.2 Å². The summed E-state index contributed by atoms with van der Waals surface area (Å²) in [4.78, 5) is 15.0. The van der Waals surface area contributed by atoms with Crippen molar-refractivity contribution in [1.82, 2.24) is 4.90 Å². The van der Waals surface area contributed by atoms with Gasteiger partial charge in [-0.25, -0.2) is 0 Å². The van der Waals surface area contributed by atoms with Crippen LogP contribution in [0.1, 0.15) is 48.5 Å². The lowest BCUT2D eigenvalue weighted by Crippen LogP contribution is -2.35. The Morgan fingerprint density at radius 3 is 2.29 bits per heavy atom. The summed E-state index contributed by atoms with van der Waals surface area (Å²) in [7, 11) is 0. The summed E-state index contributed by atoms with van der Waals surface area (Å²) in [5.74, 6) is 1.75. The van der Waals surface area contributed by atoms with Crippen LogP contribution in [-0.2, 0) is 0 Å². The first-order valence-corrected chi connectivity index (χ1v) is 8.31. The molecule has 0 bridgehead atoms. The van der Waals surface area contributed by atoms with Crippen LogP contribution in [0.4, 0.5) is 5.69 Å². The molecule has 1 N–H and O–H groups in total. The zero-order valence-electron chi connectivity index (χ0n) is 13.2. The summed E-state index contributed by atoms with van der Waals surface area (Å²) in [5, 5.41) is 3.30. The van der Waals surface area contributed by atoms with E-state index in [1.807, 2.05) is 19.1 Å². The number of nitrogens with zero attached hydrogens (tertiary/aromatic N) is 1. The zero-order valence-corrected chi connectivity index (χ0v) is 13.2. The number of amides is 1. The average molecular weight is 286 g/mol. The molecular formula is C18H26N2O. The van der Waals surface area contributed by atoms with Crippen molar-refractivity contribution < 1.29 is 4.79 Å². The molecule has 2 saturated carbocycles. The number of hydrogen-bond acceptors (Lipinski definition) is 2. The van der Waals surface area contributed by atoms with Gasteiger partial charge in [0.15, 0.2) is 0 Å². The highest BCUT2D eigenvalue weighted by Crippen LogP contribution is 2.34. The third-order valence-electron chi connectivity index (χ3n) is 4.48. The van der Waals surface area contributed by atoms with Crippen molar-refractivity contribution >= 4 is 11.6 Å². The van der Waals surface area contributed by atoms with Gasteiger partial charge in [-0.2, -0.15) is 0 Å². The zero-order chi connectivity index (χ0) is 14.8. The van der Waals surface area contributed by atoms with Gasteiger partial charge >= 0.3 is 0 Å². The first kappa shape index (κ1) is 14.4. The molecule has 0 heterocycles. The molecule has 0 saturated heterocycles. The summed E-state index contributed by atoms with van der Waals surface area (Å²) >= 11 is 0. The van der Waals surface area contributed by atoms with E-state index in [1.54, 1.807) is 0 Å². The lowest BCUT2D eigenvalue weighted by atomic mass is 10.1. The van der Waals surface area contributed by atoms with Crippen LogP contribution in [0, 0.1) is 18.8 Å². The number of carbonyl (C=O) groups excluding carboxylic acids is 1. The van der Waals surface area contributed by atoms with Crippen molar-refractivity contribution in [2.45, 2.75) is 39.5 Å². The van der Waals surface area contributed by atoms with Gasteiger partial charge in [-0.05, 0) is 75.1 Å². The molecule has 1 aromatic carbocycles. The number of anilines is 1. The second-order valence-electron chi connectivity index (χ2n) is 6.66. The monoisotopic (exact) mass is 286 g/mol. The first-order valence-electron chi connectivity index (χ1n) is 8.31. The van der Waals surface area contributed by atoms with E-state index >= 15 is 0 Å². The van der Waals surface area contributed by atoms with Gasteiger partial charge in [0.05, 0.1) is 0 Å². The quantitative estimate of drug-likeness (QED) is 0.829. The van der Waals surface area contributed by atoms with Crippen LogP contribution < -0.4 is 5.32 Å². The molecule has 0 spiro atoms. The van der Waals surface area contributed by atoms with Gasteiger partial charge in [-0.3, -0.25) is 4.79 Å². The molecule has 3 rings (SSSR count). The second-order valence-corrected chi connectivity index (χ2v) is 6.66. The van der Waals surface area contributed by atoms with Crippen LogP contribution in [0.25, 0.3) is 0 Å². The highest BCUT2D eigenvalue weighted by molar-refractivity contribution is 5.96. The smallest absolute Gasteiger partial charge is 0.254 e. The average Bonchev–Trinajstić information content (AvgIpc) is 3.33. The Morgan fingerprint density at radius 1 is 1.19 bits per heavy atom. The molecule has 0 radical (unpaired) electrons. The third kappa shape index (κ3) is 3.78. The van der Waals surface area contributed by atoms with Crippen molar-refractivity contribution in [3.8, 4) is 0 Å². The summed E-state index contributed by atoms with van der Waals surface area (Å²) in [6, 6.07) is 6.10. The number of carbonyl (C=O) groups is 1. The SMILES string of the molecule is CCNc1ccc(C(=O)N(CC2CC2)CC2CC2)c(C)c1. The van der Waals surface area contributed by atoms with E-state index in [0.29, 0.717) is 0 Å². The van der Waals surface area contributed by atoms with Crippen molar-refractivity contribution in [2.24, 2.45) is 11.8 Å². The van der Waals surface area contributed by atoms with Gasteiger partial charge in [-0.1, -0.05) is 0 Å². The number of aryl methyl sites for hydroxylation is 1. The maximum atomic E-state index is 12.9. The first-order chi connectivity index (χ1) is 10.2. The van der Waals surface area contributed by atoms with E-state index in [0.717, 1.165) is 48.3 Å². The van der Waals surface area contributed by atoms with Gasteiger partial charge in [0.25, 0.3) is 5.91 Å². The number of rotatable bonds is 7. The third-order valence-corrected chi connectivity index (χ3v) is 4.48. The normalized spacial score (nSPS) is 17.6. The predicted octanol–water partition coefficient (Wildman–Crippen LogP) is 3.69. The second kappa shape index (κ2) is 6.08. The molecule has 3 heteroatoms. The van der Waals surface area contributed by atoms with Crippen molar-refractivity contribution in [2.75, 3.05) is 25.0 Å². The molecule has 114 valence electrons. The van der Waals surface area contributed by atoms with E-state index in [1.165, 1.54) is 25.7 Å². The molecule has 2 aliphatic rings. The maximum absolute atomic E-state index is 12.9. The highest BCUT2D eigenvalue weighted by Gasteiger charge is 2.32. The Balaban J connectivity index is 1.73. The van der Waals surface area contributed by atoms with E-state index < -0.39 is 0 Å². The molecule has 2 fully saturated rings. The molecule has 0 atom stereocenters. The molecular weight excluding hydrogens is 260 g/mol. The Kier molecular flexibility index (Phi) is 4.18. The number of nitrogens with one attached hydrogen (secondary N) is 1. The van der Waals surface area contributed by atoms with E-state index in [9.17, 15) is 4.79 Å². The van der Waals surface area contributed by atoms with Gasteiger partial charge in [-0.15, -0.1) is 0 Å². The lowest BCUT2D eigenvalue weighted by Gasteiger charge is -2.23. The molecule has 0 unspecified atom stereocenters. The maximum Gasteiger partial charge on any atom is 0.254 e. The van der Waals surface area contributed by atoms with Crippen LogP contribution in [0.5, 0.6) is 0 Å². The van der Waals surface area contributed by atoms with E-state index in [4.69, 9.17) is 0 Å². The van der Waals surface area contributed by atoms with Crippen molar-refractivity contribution in [1.29, 1.82) is 0 Å². The minimum Gasteiger partial charge on any atom is -0.385 e. The molecule has 0 aliphatic heterocycles. The molecule has 1 aromatic rings. The van der Waals surface area contributed by atoms with Crippen molar-refractivity contribution in [3.05, 3.63) is 29.3 Å². The van der Waals surface area contributed by atoms with Gasteiger partial charge in [0.1, 0.15) is 0 Å². The molecule has 0 aromatic heterocycles. The predicted molar refractivity (Wildman–Crippen MR) is 86.7 cm³/mol. The molecule has 21 heavy (non-hydrogen) atoms. The summed E-state index contributed by atoms with van der Waals surface area (Å²) < 4.78 is 0. The molecule has 2 aliphatic carbocycles. The fraction of sp³-hybridized carbons (Fsp3) is 0.611. The minimum absolute atomic E-state index is 0.231. The summed E-state index contributed by atoms with van der Waals surface area (Å²) in [6.45, 7) is 6.96. The Hall–Kier alpha value is -1.51. The van der Waals surface area contributed by atoms with E-state index in [-0.39, 0.29) is 5.91 Å². The van der Waals surface area contributed by atoms with Crippen LogP contribution in [0.2, 0.25) is 0 Å². The summed E-state index contributed by atoms with van der Waals surface area (Å²) in [5.41, 5.74) is 3.05. The molecule has 3 nitrogen and oxygen atoms in total. The molecule has 1 amide bonds. The number of hydrogen-bond donors (Lipinski definition) is 1. The Morgan fingerprint density at radius 2 is 1.81 bits per heavy atom. The minimum atomic E-state index is 0.231. The summed E-state index contributed by atoms with van der Waals surface area (Å²) in [6.07, 6.45) is 5.19. The standard InChI is InChI=1S/C18H26N2O/c1-3-19-16-8-9-17(13(2)10-16)18(21)20(11-14-4-5-14)12-15-6-7-15/h8-10,14-15,19H,3-7,11-12H2,1-2H3. The van der Waals surface area contributed by atoms with Crippen molar-refractivity contribution in [3.63, 3.8) is 0 Å². The van der Waals surface area contributed by atoms with Gasteiger partial charge in [0, 0.05) is 30.9 Å². The topological polar surface area (TPSA) is 32.3 Å². The van der Waals surface area contributed by atoms with Crippen LogP contribution in [-0.4, -0.2) is 30.4 Å². The fourth-order valence-corrected chi connectivity index (χ4v) is 2.85. The fourth-order valence-electron chi connectivity index (χ4n) is 2.85. The van der Waals surface area contributed by atoms with E-state index in [2.05, 4.69) is 23.2 Å². The highest BCUT2D eigenvalue weighted by atomic mass is 16.2.